The lowest BCUT2D eigenvalue weighted by Crippen LogP contribution is -2.39. The third kappa shape index (κ3) is 5.40. The van der Waals surface area contributed by atoms with E-state index in [9.17, 15) is 18.4 Å². The molecule has 1 atom stereocenters. The highest BCUT2D eigenvalue weighted by Gasteiger charge is 2.21. The van der Waals surface area contributed by atoms with Crippen molar-refractivity contribution >= 4 is 28.2 Å². The van der Waals surface area contributed by atoms with Gasteiger partial charge in [0.1, 0.15) is 5.00 Å². The van der Waals surface area contributed by atoms with E-state index in [-0.39, 0.29) is 23.0 Å². The maximum atomic E-state index is 12.5. The summed E-state index contributed by atoms with van der Waals surface area (Å²) in [4.78, 5) is 25.6. The van der Waals surface area contributed by atoms with Crippen LogP contribution in [0.2, 0.25) is 0 Å². The molecule has 1 aromatic heterocycles. The third-order valence-electron chi connectivity index (χ3n) is 4.08. The quantitative estimate of drug-likeness (QED) is 0.659. The molecule has 2 aromatic rings. The minimum absolute atomic E-state index is 0.0635. The summed E-state index contributed by atoms with van der Waals surface area (Å²) >= 11 is 1.21. The molecular weight excluding hydrogens is 392 g/mol. The maximum Gasteiger partial charge on any atom is 0.387 e. The van der Waals surface area contributed by atoms with Gasteiger partial charge in [-0.3, -0.25) is 14.5 Å². The number of primary amides is 1. The molecule has 28 heavy (non-hydrogen) atoms. The van der Waals surface area contributed by atoms with Gasteiger partial charge in [-0.05, 0) is 43.1 Å². The number of nitrogens with one attached hydrogen (secondary N) is 1. The molecule has 0 aliphatic rings. The predicted octanol–water partition coefficient (Wildman–Crippen LogP) is 2.92. The fourth-order valence-electron chi connectivity index (χ4n) is 2.45. The number of alkyl halides is 2. The lowest BCUT2D eigenvalue weighted by atomic mass is 10.1. The van der Waals surface area contributed by atoms with Gasteiger partial charge in [0.2, 0.25) is 5.91 Å². The van der Waals surface area contributed by atoms with Crippen molar-refractivity contribution in [1.29, 1.82) is 0 Å². The molecule has 0 bridgehead atoms. The van der Waals surface area contributed by atoms with Crippen molar-refractivity contribution in [3.8, 4) is 11.5 Å². The molecule has 10 heteroatoms. The van der Waals surface area contributed by atoms with Gasteiger partial charge in [0, 0.05) is 6.54 Å². The lowest BCUT2D eigenvalue weighted by Gasteiger charge is -2.24. The fourth-order valence-corrected chi connectivity index (χ4v) is 3.24. The molecule has 0 radical (unpaired) electrons. The Hall–Kier alpha value is -2.72. The van der Waals surface area contributed by atoms with Crippen LogP contribution in [0.1, 0.15) is 22.8 Å². The first-order chi connectivity index (χ1) is 13.2. The first-order valence-electron chi connectivity index (χ1n) is 8.23. The molecule has 2 rings (SSSR count). The normalized spacial score (nSPS) is 12.1. The summed E-state index contributed by atoms with van der Waals surface area (Å²) in [6.07, 6.45) is 0. The topological polar surface area (TPSA) is 93.9 Å². The van der Waals surface area contributed by atoms with E-state index in [1.54, 1.807) is 42.5 Å². The predicted molar refractivity (Wildman–Crippen MR) is 102 cm³/mol. The van der Waals surface area contributed by atoms with Crippen LogP contribution in [-0.2, 0) is 11.3 Å². The van der Waals surface area contributed by atoms with Crippen molar-refractivity contribution in [3.63, 3.8) is 0 Å². The fraction of sp³-hybridized carbons (Fsp3) is 0.333. The average molecular weight is 413 g/mol. The van der Waals surface area contributed by atoms with Gasteiger partial charge in [-0.25, -0.2) is 0 Å². The molecule has 3 N–H and O–H groups in total. The number of nitrogens with zero attached hydrogens (tertiary/aromatic N) is 1. The number of benzene rings is 1. The van der Waals surface area contributed by atoms with E-state index in [1.807, 2.05) is 0 Å². The number of anilines is 1. The molecule has 1 aromatic carbocycles. The molecule has 0 fully saturated rings. The minimum Gasteiger partial charge on any atom is -0.493 e. The van der Waals surface area contributed by atoms with Gasteiger partial charge in [-0.15, -0.1) is 11.3 Å². The minimum atomic E-state index is -2.95. The first-order valence-corrected chi connectivity index (χ1v) is 9.11. The number of thiophene rings is 1. The standard InChI is InChI=1S/C18H21F2N3O4S/c1-10(16(25)22-17-12(15(21)24)6-7-28-17)23(2)9-11-4-5-13(27-18(19)20)14(8-11)26-3/h4-8,10,18H,9H2,1-3H3,(H2,21,24)(H,22,25). The Balaban J connectivity index is 2.05. The smallest absolute Gasteiger partial charge is 0.387 e. The zero-order valence-electron chi connectivity index (χ0n) is 15.6. The highest BCUT2D eigenvalue weighted by Crippen LogP contribution is 2.30. The zero-order chi connectivity index (χ0) is 20.8. The number of carbonyl (C=O) groups is 2. The van der Waals surface area contributed by atoms with Crippen molar-refractivity contribution in [2.45, 2.75) is 26.1 Å². The molecule has 0 spiro atoms. The molecule has 0 aliphatic heterocycles. The van der Waals surface area contributed by atoms with Crippen molar-refractivity contribution in [2.75, 3.05) is 19.5 Å². The van der Waals surface area contributed by atoms with E-state index in [1.165, 1.54) is 24.5 Å². The van der Waals surface area contributed by atoms with Crippen LogP contribution in [0.5, 0.6) is 11.5 Å². The molecule has 0 saturated carbocycles. The zero-order valence-corrected chi connectivity index (χ0v) is 16.4. The summed E-state index contributed by atoms with van der Waals surface area (Å²) in [5, 5.41) is 4.76. The second-order valence-corrected chi connectivity index (χ2v) is 6.89. The van der Waals surface area contributed by atoms with Gasteiger partial charge < -0.3 is 20.5 Å². The van der Waals surface area contributed by atoms with E-state index in [2.05, 4.69) is 10.1 Å². The first kappa shape index (κ1) is 21.6. The second-order valence-electron chi connectivity index (χ2n) is 5.97. The van der Waals surface area contributed by atoms with E-state index in [4.69, 9.17) is 10.5 Å². The Labute approximate surface area is 165 Å². The number of likely N-dealkylation sites (N-methyl/N-ethyl adjacent to an activating group) is 1. The van der Waals surface area contributed by atoms with E-state index >= 15 is 0 Å². The summed E-state index contributed by atoms with van der Waals surface area (Å²) < 4.78 is 34.3. The summed E-state index contributed by atoms with van der Waals surface area (Å²) in [5.74, 6) is -0.813. The third-order valence-corrected chi connectivity index (χ3v) is 4.91. The molecular formula is C18H21F2N3O4S. The van der Waals surface area contributed by atoms with Crippen LogP contribution in [0.25, 0.3) is 0 Å². The van der Waals surface area contributed by atoms with E-state index in [0.717, 1.165) is 5.56 Å². The highest BCUT2D eigenvalue weighted by atomic mass is 32.1. The number of nitrogens with two attached hydrogens (primary N) is 1. The largest absolute Gasteiger partial charge is 0.493 e. The van der Waals surface area contributed by atoms with E-state index in [0.29, 0.717) is 11.5 Å². The Bertz CT molecular complexity index is 844. The Morgan fingerprint density at radius 1 is 1.29 bits per heavy atom. The van der Waals surface area contributed by atoms with Gasteiger partial charge in [0.25, 0.3) is 5.91 Å². The van der Waals surface area contributed by atoms with Gasteiger partial charge >= 0.3 is 6.61 Å². The number of carbonyl (C=O) groups excluding carboxylic acids is 2. The van der Waals surface area contributed by atoms with Gasteiger partial charge in [-0.1, -0.05) is 6.07 Å². The van der Waals surface area contributed by atoms with Crippen LogP contribution in [-0.4, -0.2) is 43.5 Å². The van der Waals surface area contributed by atoms with Crippen LogP contribution in [0.4, 0.5) is 13.8 Å². The SMILES string of the molecule is COc1cc(CN(C)C(C)C(=O)Nc2sccc2C(N)=O)ccc1OC(F)F. The number of hydrogen-bond acceptors (Lipinski definition) is 6. The lowest BCUT2D eigenvalue weighted by molar-refractivity contribution is -0.120. The number of ether oxygens (including phenoxy) is 2. The summed E-state index contributed by atoms with van der Waals surface area (Å²) in [5.41, 5.74) is 6.28. The Kier molecular flexibility index (Phi) is 7.30. The molecule has 1 heterocycles. The van der Waals surface area contributed by atoms with Crippen molar-refractivity contribution < 1.29 is 27.8 Å². The molecule has 152 valence electrons. The molecule has 0 aliphatic carbocycles. The average Bonchev–Trinajstić information content (AvgIpc) is 3.10. The molecule has 7 nitrogen and oxygen atoms in total. The van der Waals surface area contributed by atoms with Crippen molar-refractivity contribution in [2.24, 2.45) is 5.73 Å². The van der Waals surface area contributed by atoms with Crippen LogP contribution in [0.15, 0.2) is 29.6 Å². The van der Waals surface area contributed by atoms with Crippen LogP contribution in [0, 0.1) is 0 Å². The Morgan fingerprint density at radius 3 is 2.61 bits per heavy atom. The van der Waals surface area contributed by atoms with Gasteiger partial charge in [0.05, 0.1) is 18.7 Å². The number of methoxy groups -OCH3 is 1. The van der Waals surface area contributed by atoms with Crippen molar-refractivity contribution in [1.82, 2.24) is 4.90 Å². The number of rotatable bonds is 9. The van der Waals surface area contributed by atoms with Crippen molar-refractivity contribution in [3.05, 3.63) is 40.8 Å². The number of halogens is 2. The molecule has 1 unspecified atom stereocenters. The summed E-state index contributed by atoms with van der Waals surface area (Å²) in [6, 6.07) is 5.59. The highest BCUT2D eigenvalue weighted by molar-refractivity contribution is 7.14. The summed E-state index contributed by atoms with van der Waals surface area (Å²) in [6.45, 7) is -0.889. The number of amides is 2. The van der Waals surface area contributed by atoms with Crippen LogP contribution in [0.3, 0.4) is 0 Å². The molecule has 2 amide bonds. The van der Waals surface area contributed by atoms with Gasteiger partial charge in [0.15, 0.2) is 11.5 Å². The van der Waals surface area contributed by atoms with Crippen LogP contribution >= 0.6 is 11.3 Å². The maximum absolute atomic E-state index is 12.5. The van der Waals surface area contributed by atoms with E-state index < -0.39 is 18.6 Å². The monoisotopic (exact) mass is 413 g/mol. The summed E-state index contributed by atoms with van der Waals surface area (Å²) in [7, 11) is 3.10. The van der Waals surface area contributed by atoms with Crippen LogP contribution < -0.4 is 20.5 Å². The second kappa shape index (κ2) is 9.47. The Morgan fingerprint density at radius 2 is 2.00 bits per heavy atom. The number of hydrogen-bond donors (Lipinski definition) is 2. The molecule has 0 saturated heterocycles. The van der Waals surface area contributed by atoms with Gasteiger partial charge in [-0.2, -0.15) is 8.78 Å².